The van der Waals surface area contributed by atoms with Crippen LogP contribution in [0.5, 0.6) is 0 Å². The van der Waals surface area contributed by atoms with E-state index in [1.165, 1.54) is 6.07 Å². The number of halogens is 3. The zero-order valence-corrected chi connectivity index (χ0v) is 9.82. The molecule has 0 atom stereocenters. The standard InChI is InChI=1S/C6HCl3N2O3S/c7-2-1-3(8)6(15(9,12)13)5-4(2)10-14-11-5/h1H. The van der Waals surface area contributed by atoms with Gasteiger partial charge in [0.2, 0.25) is 0 Å². The molecule has 5 nitrogen and oxygen atoms in total. The minimum Gasteiger partial charge on any atom is -0.243 e. The molecular weight excluding hydrogens is 287 g/mol. The van der Waals surface area contributed by atoms with Gasteiger partial charge in [-0.15, -0.1) is 0 Å². The van der Waals surface area contributed by atoms with Gasteiger partial charge in [0.25, 0.3) is 9.05 Å². The van der Waals surface area contributed by atoms with E-state index in [0.717, 1.165) is 0 Å². The van der Waals surface area contributed by atoms with Crippen molar-refractivity contribution in [2.45, 2.75) is 4.90 Å². The summed E-state index contributed by atoms with van der Waals surface area (Å²) in [6, 6.07) is 1.21. The Hall–Kier alpha value is -0.560. The van der Waals surface area contributed by atoms with Gasteiger partial charge in [-0.3, -0.25) is 0 Å². The lowest BCUT2D eigenvalue weighted by Crippen LogP contribution is -1.94. The SMILES string of the molecule is O=S(=O)(Cl)c1c(Cl)cc(Cl)c2nonc12. The smallest absolute Gasteiger partial charge is 0.243 e. The molecule has 9 heteroatoms. The van der Waals surface area contributed by atoms with Crippen LogP contribution in [-0.4, -0.2) is 18.7 Å². The minimum absolute atomic E-state index is 0.0810. The van der Waals surface area contributed by atoms with Crippen molar-refractivity contribution in [3.05, 3.63) is 16.1 Å². The maximum Gasteiger partial charge on any atom is 0.265 e. The van der Waals surface area contributed by atoms with E-state index in [-0.39, 0.29) is 26.0 Å². The second kappa shape index (κ2) is 3.48. The summed E-state index contributed by atoms with van der Waals surface area (Å²) in [7, 11) is 1.16. The van der Waals surface area contributed by atoms with E-state index in [1.54, 1.807) is 0 Å². The van der Waals surface area contributed by atoms with Crippen LogP contribution in [0.15, 0.2) is 15.6 Å². The quantitative estimate of drug-likeness (QED) is 0.753. The fraction of sp³-hybridized carbons (Fsp3) is 0. The summed E-state index contributed by atoms with van der Waals surface area (Å²) in [4.78, 5) is -0.355. The van der Waals surface area contributed by atoms with E-state index >= 15 is 0 Å². The number of fused-ring (bicyclic) bond motifs is 1. The molecule has 1 aromatic carbocycles. The van der Waals surface area contributed by atoms with Crippen LogP contribution in [-0.2, 0) is 9.05 Å². The average Bonchev–Trinajstić information content (AvgIpc) is 2.49. The highest BCUT2D eigenvalue weighted by atomic mass is 35.7. The lowest BCUT2D eigenvalue weighted by atomic mass is 10.3. The molecule has 0 amide bonds. The summed E-state index contributed by atoms with van der Waals surface area (Å²) in [5.74, 6) is 0. The number of hydrogen-bond acceptors (Lipinski definition) is 5. The second-order valence-electron chi connectivity index (χ2n) is 2.57. The van der Waals surface area contributed by atoms with Gasteiger partial charge in [-0.25, -0.2) is 13.0 Å². The summed E-state index contributed by atoms with van der Waals surface area (Å²) < 4.78 is 26.8. The van der Waals surface area contributed by atoms with Crippen LogP contribution in [0.2, 0.25) is 10.0 Å². The van der Waals surface area contributed by atoms with E-state index < -0.39 is 9.05 Å². The molecular formula is C6HCl3N2O3S. The topological polar surface area (TPSA) is 73.1 Å². The number of rotatable bonds is 1. The van der Waals surface area contributed by atoms with Gasteiger partial charge in [-0.1, -0.05) is 23.2 Å². The molecule has 0 unspecified atom stereocenters. The number of benzene rings is 1. The van der Waals surface area contributed by atoms with E-state index in [1.807, 2.05) is 0 Å². The van der Waals surface area contributed by atoms with Crippen LogP contribution in [0.25, 0.3) is 11.0 Å². The van der Waals surface area contributed by atoms with E-state index in [9.17, 15) is 8.42 Å². The molecule has 0 bridgehead atoms. The number of nitrogens with zero attached hydrogens (tertiary/aromatic N) is 2. The molecule has 0 aliphatic rings. The fourth-order valence-corrected chi connectivity index (χ4v) is 3.12. The summed E-state index contributed by atoms with van der Waals surface area (Å²) >= 11 is 11.4. The van der Waals surface area contributed by atoms with E-state index in [0.29, 0.717) is 0 Å². The van der Waals surface area contributed by atoms with Crippen molar-refractivity contribution >= 4 is 54.0 Å². The fourth-order valence-electron chi connectivity index (χ4n) is 1.08. The van der Waals surface area contributed by atoms with Crippen molar-refractivity contribution in [2.24, 2.45) is 0 Å². The van der Waals surface area contributed by atoms with E-state index in [4.69, 9.17) is 33.9 Å². The van der Waals surface area contributed by atoms with Gasteiger partial charge in [0.15, 0.2) is 11.0 Å². The first kappa shape index (κ1) is 10.9. The van der Waals surface area contributed by atoms with Gasteiger partial charge in [-0.2, -0.15) is 0 Å². The molecule has 0 radical (unpaired) electrons. The Morgan fingerprint density at radius 3 is 2.33 bits per heavy atom. The number of hydrogen-bond donors (Lipinski definition) is 0. The van der Waals surface area contributed by atoms with E-state index in [2.05, 4.69) is 14.9 Å². The maximum absolute atomic E-state index is 11.2. The van der Waals surface area contributed by atoms with Crippen LogP contribution < -0.4 is 0 Å². The predicted octanol–water partition coefficient (Wildman–Crippen LogP) is 2.46. The minimum atomic E-state index is -4.03. The van der Waals surface area contributed by atoms with Crippen molar-refractivity contribution in [1.29, 1.82) is 0 Å². The Bertz CT molecular complexity index is 636. The zero-order chi connectivity index (χ0) is 11.2. The zero-order valence-electron chi connectivity index (χ0n) is 6.74. The summed E-state index contributed by atoms with van der Waals surface area (Å²) in [6.45, 7) is 0. The Morgan fingerprint density at radius 2 is 1.73 bits per heavy atom. The predicted molar refractivity (Wildman–Crippen MR) is 54.9 cm³/mol. The Labute approximate surface area is 98.3 Å². The molecule has 15 heavy (non-hydrogen) atoms. The van der Waals surface area contributed by atoms with Gasteiger partial charge < -0.3 is 0 Å². The van der Waals surface area contributed by atoms with Crippen LogP contribution in [0.1, 0.15) is 0 Å². The molecule has 1 aromatic heterocycles. The summed E-state index contributed by atoms with van der Waals surface area (Å²) in [5, 5.41) is 6.83. The molecule has 2 rings (SSSR count). The Kier molecular flexibility index (Phi) is 2.54. The maximum atomic E-state index is 11.2. The van der Waals surface area contributed by atoms with Crippen molar-refractivity contribution in [3.63, 3.8) is 0 Å². The third-order valence-corrected chi connectivity index (χ3v) is 3.71. The van der Waals surface area contributed by atoms with Gasteiger partial charge >= 0.3 is 0 Å². The van der Waals surface area contributed by atoms with Gasteiger partial charge in [0.1, 0.15) is 4.90 Å². The third kappa shape index (κ3) is 1.78. The van der Waals surface area contributed by atoms with Crippen molar-refractivity contribution in [1.82, 2.24) is 10.3 Å². The van der Waals surface area contributed by atoms with Crippen molar-refractivity contribution in [2.75, 3.05) is 0 Å². The molecule has 0 spiro atoms. The summed E-state index contributed by atoms with van der Waals surface area (Å²) in [5.41, 5.74) is 0.0165. The highest BCUT2D eigenvalue weighted by molar-refractivity contribution is 8.14. The third-order valence-electron chi connectivity index (χ3n) is 1.64. The largest absolute Gasteiger partial charge is 0.265 e. The first-order valence-electron chi connectivity index (χ1n) is 3.46. The lowest BCUT2D eigenvalue weighted by Gasteiger charge is -2.00. The van der Waals surface area contributed by atoms with Crippen molar-refractivity contribution < 1.29 is 13.0 Å². The molecule has 0 aliphatic carbocycles. The number of aromatic nitrogens is 2. The first-order valence-corrected chi connectivity index (χ1v) is 6.52. The second-order valence-corrected chi connectivity index (χ2v) is 5.89. The van der Waals surface area contributed by atoms with Crippen LogP contribution in [0.3, 0.4) is 0 Å². The lowest BCUT2D eigenvalue weighted by molar-refractivity contribution is 0.315. The van der Waals surface area contributed by atoms with Gasteiger partial charge in [0.05, 0.1) is 10.0 Å². The Balaban J connectivity index is 3.02. The highest BCUT2D eigenvalue weighted by Crippen LogP contribution is 2.35. The Morgan fingerprint density at radius 1 is 1.13 bits per heavy atom. The van der Waals surface area contributed by atoms with Crippen LogP contribution >= 0.6 is 33.9 Å². The first-order chi connectivity index (χ1) is 6.91. The van der Waals surface area contributed by atoms with Gasteiger partial charge in [-0.05, 0) is 16.4 Å². The molecule has 80 valence electrons. The van der Waals surface area contributed by atoms with Gasteiger partial charge in [0, 0.05) is 10.7 Å². The average molecular weight is 288 g/mol. The molecule has 0 aliphatic heterocycles. The molecule has 0 saturated carbocycles. The summed E-state index contributed by atoms with van der Waals surface area (Å²) in [6.07, 6.45) is 0. The molecule has 2 aromatic rings. The van der Waals surface area contributed by atoms with Crippen LogP contribution in [0, 0.1) is 0 Å². The highest BCUT2D eigenvalue weighted by Gasteiger charge is 2.24. The van der Waals surface area contributed by atoms with Crippen molar-refractivity contribution in [3.8, 4) is 0 Å². The molecule has 0 fully saturated rings. The molecule has 0 saturated heterocycles. The normalized spacial score (nSPS) is 12.2. The van der Waals surface area contributed by atoms with Crippen LogP contribution in [0.4, 0.5) is 0 Å². The monoisotopic (exact) mass is 286 g/mol. The molecule has 0 N–H and O–H groups in total. The molecule has 1 heterocycles.